The highest BCUT2D eigenvalue weighted by molar-refractivity contribution is 6.31. The third-order valence-electron chi connectivity index (χ3n) is 13.3. The highest BCUT2D eigenvalue weighted by atomic mass is 15.2. The van der Waals surface area contributed by atoms with Crippen LogP contribution in [-0.4, -0.2) is 8.97 Å². The van der Waals surface area contributed by atoms with E-state index in [4.69, 9.17) is 0 Å². The number of para-hydroxylation sites is 3. The molecule has 0 fully saturated rings. The van der Waals surface area contributed by atoms with E-state index in [1.165, 1.54) is 98.8 Å². The maximum absolute atomic E-state index is 4.08. The summed E-state index contributed by atoms with van der Waals surface area (Å²) in [7, 11) is 0. The van der Waals surface area contributed by atoms with Gasteiger partial charge in [0.2, 0.25) is 0 Å². The molecule has 13 rings (SSSR count). The fourth-order valence-corrected chi connectivity index (χ4v) is 10.8. The third kappa shape index (κ3) is 4.10. The summed E-state index contributed by atoms with van der Waals surface area (Å²) in [6, 6.07) is 63.3. The molecule has 2 aliphatic rings. The molecule has 2 unspecified atom stereocenters. The van der Waals surface area contributed by atoms with Gasteiger partial charge >= 0.3 is 0 Å². The van der Waals surface area contributed by atoms with Gasteiger partial charge in [0.05, 0.1) is 33.6 Å². The predicted molar refractivity (Wildman–Crippen MR) is 237 cm³/mol. The van der Waals surface area contributed by atoms with Gasteiger partial charge in [-0.05, 0) is 86.8 Å². The van der Waals surface area contributed by atoms with Crippen LogP contribution in [0.5, 0.6) is 0 Å². The minimum Gasteiger partial charge on any atom is -0.366 e. The van der Waals surface area contributed by atoms with Crippen LogP contribution in [0.1, 0.15) is 53.9 Å². The summed E-state index contributed by atoms with van der Waals surface area (Å²) < 4.78 is 4.99. The number of benzene rings is 8. The molecule has 3 aromatic heterocycles. The van der Waals surface area contributed by atoms with Crippen LogP contribution in [0.4, 0.5) is 5.69 Å². The normalized spacial score (nSPS) is 17.2. The first-order valence-corrected chi connectivity index (χ1v) is 20.1. The fourth-order valence-electron chi connectivity index (χ4n) is 10.8. The number of rotatable bonds is 3. The summed E-state index contributed by atoms with van der Waals surface area (Å²) in [6.07, 6.45) is -0.104. The first kappa shape index (κ1) is 31.3. The van der Waals surface area contributed by atoms with Crippen molar-refractivity contribution < 1.29 is 0 Å². The van der Waals surface area contributed by atoms with Gasteiger partial charge in [0.25, 0.3) is 0 Å². The zero-order chi connectivity index (χ0) is 37.6. The van der Waals surface area contributed by atoms with Gasteiger partial charge in [-0.25, -0.2) is 0 Å². The lowest BCUT2D eigenvalue weighted by Crippen LogP contribution is -2.37. The van der Waals surface area contributed by atoms with E-state index in [0.717, 1.165) is 11.4 Å². The van der Waals surface area contributed by atoms with Gasteiger partial charge in [0.1, 0.15) is 6.17 Å². The molecule has 4 heteroatoms. The summed E-state index contributed by atoms with van der Waals surface area (Å²) in [5, 5.41) is 15.7. The largest absolute Gasteiger partial charge is 0.366 e. The van der Waals surface area contributed by atoms with Crippen molar-refractivity contribution in [1.29, 1.82) is 0 Å². The van der Waals surface area contributed by atoms with E-state index in [0.29, 0.717) is 0 Å². The third-order valence-corrected chi connectivity index (χ3v) is 13.3. The van der Waals surface area contributed by atoms with E-state index in [2.05, 4.69) is 203 Å². The standard InChI is InChI=1S/C53H38N4/c1-53(2)41-21-6-3-15-34(41)35-28-27-31(30-42(35)53)50-40-17-4-7-22-43(40)54-52(55-50)32-13-9-14-33(29-32)56-45-24-11-18-37-39-20-10-19-38-36-16-5-8-23-44(36)57(51(38)39)47-26-12-25-46(56)49(47)48(37)45/h3-30,50,52,54-55H,1-2H3. The second kappa shape index (κ2) is 11.1. The maximum atomic E-state index is 4.08. The Balaban J connectivity index is 0.983. The molecule has 4 heterocycles. The monoisotopic (exact) mass is 730 g/mol. The summed E-state index contributed by atoms with van der Waals surface area (Å²) in [5.74, 6) is 0. The first-order valence-electron chi connectivity index (χ1n) is 20.1. The van der Waals surface area contributed by atoms with Crippen LogP contribution in [0.25, 0.3) is 76.7 Å². The van der Waals surface area contributed by atoms with E-state index in [9.17, 15) is 0 Å². The number of nitrogens with zero attached hydrogens (tertiary/aromatic N) is 2. The number of aromatic nitrogens is 2. The molecule has 0 amide bonds. The van der Waals surface area contributed by atoms with Crippen LogP contribution in [0, 0.1) is 0 Å². The average Bonchev–Trinajstić information content (AvgIpc) is 3.83. The van der Waals surface area contributed by atoms with E-state index >= 15 is 0 Å². The molecule has 0 bridgehead atoms. The zero-order valence-corrected chi connectivity index (χ0v) is 31.7. The lowest BCUT2D eigenvalue weighted by molar-refractivity contribution is 0.505. The van der Waals surface area contributed by atoms with Crippen molar-refractivity contribution in [2.45, 2.75) is 31.5 Å². The van der Waals surface area contributed by atoms with E-state index in [-0.39, 0.29) is 17.6 Å². The van der Waals surface area contributed by atoms with Crippen LogP contribution in [0.3, 0.4) is 0 Å². The number of hydrogen-bond acceptors (Lipinski definition) is 2. The molecule has 0 saturated carbocycles. The highest BCUT2D eigenvalue weighted by Crippen LogP contribution is 2.50. The molecule has 2 atom stereocenters. The molecule has 0 spiro atoms. The Hall–Kier alpha value is -6.88. The van der Waals surface area contributed by atoms with Crippen LogP contribution < -0.4 is 10.6 Å². The van der Waals surface area contributed by atoms with Crippen molar-refractivity contribution >= 4 is 65.6 Å². The molecule has 270 valence electrons. The van der Waals surface area contributed by atoms with Crippen molar-refractivity contribution in [1.82, 2.24) is 14.3 Å². The number of anilines is 1. The second-order valence-corrected chi connectivity index (χ2v) is 16.6. The van der Waals surface area contributed by atoms with Gasteiger partial charge in [-0.1, -0.05) is 141 Å². The van der Waals surface area contributed by atoms with Gasteiger partial charge < -0.3 is 14.3 Å². The van der Waals surface area contributed by atoms with Gasteiger partial charge in [-0.15, -0.1) is 0 Å². The number of hydrogen-bond donors (Lipinski definition) is 2. The minimum absolute atomic E-state index is 0.0189. The SMILES string of the molecule is CC1(C)c2ccccc2-c2ccc(C3NC(c4cccc(-n5c6cccc7c8cccc9c%10ccccc%10n(c%10cccc5c%10c76)c89)c4)Nc4ccccc43)cc21. The molecular weight excluding hydrogens is 693 g/mol. The molecule has 1 aliphatic heterocycles. The molecule has 57 heavy (non-hydrogen) atoms. The molecule has 1 aliphatic carbocycles. The number of fused-ring (bicyclic) bond motifs is 9. The van der Waals surface area contributed by atoms with E-state index in [1.54, 1.807) is 0 Å². The van der Waals surface area contributed by atoms with Crippen molar-refractivity contribution in [3.63, 3.8) is 0 Å². The summed E-state index contributed by atoms with van der Waals surface area (Å²) >= 11 is 0. The lowest BCUT2D eigenvalue weighted by Gasteiger charge is -2.36. The van der Waals surface area contributed by atoms with E-state index < -0.39 is 0 Å². The van der Waals surface area contributed by atoms with Crippen molar-refractivity contribution in [2.24, 2.45) is 0 Å². The summed E-state index contributed by atoms with van der Waals surface area (Å²) in [4.78, 5) is 0. The Bertz CT molecular complexity index is 3470. The Labute approximate surface area is 329 Å². The predicted octanol–water partition coefficient (Wildman–Crippen LogP) is 13.0. The van der Waals surface area contributed by atoms with Gasteiger partial charge in [0.15, 0.2) is 0 Å². The van der Waals surface area contributed by atoms with E-state index in [1.807, 2.05) is 0 Å². The highest BCUT2D eigenvalue weighted by Gasteiger charge is 2.37. The lowest BCUT2D eigenvalue weighted by atomic mass is 9.81. The van der Waals surface area contributed by atoms with Crippen molar-refractivity contribution in [3.8, 4) is 16.8 Å². The Morgan fingerprint density at radius 2 is 1.16 bits per heavy atom. The van der Waals surface area contributed by atoms with Crippen LogP contribution >= 0.6 is 0 Å². The summed E-state index contributed by atoms with van der Waals surface area (Å²) in [5.41, 5.74) is 17.7. The smallest absolute Gasteiger partial charge is 0.104 e. The van der Waals surface area contributed by atoms with Crippen molar-refractivity contribution in [2.75, 3.05) is 5.32 Å². The topological polar surface area (TPSA) is 33.4 Å². The first-order chi connectivity index (χ1) is 28.0. The average molecular weight is 731 g/mol. The van der Waals surface area contributed by atoms with Crippen LogP contribution in [-0.2, 0) is 5.41 Å². The quantitative estimate of drug-likeness (QED) is 0.190. The fraction of sp³-hybridized carbons (Fsp3) is 0.0943. The zero-order valence-electron chi connectivity index (χ0n) is 31.7. The summed E-state index contributed by atoms with van der Waals surface area (Å²) in [6.45, 7) is 4.73. The van der Waals surface area contributed by atoms with Crippen LogP contribution in [0.2, 0.25) is 0 Å². The van der Waals surface area contributed by atoms with Gasteiger partial charge in [-0.2, -0.15) is 0 Å². The molecule has 0 saturated heterocycles. The Morgan fingerprint density at radius 1 is 0.491 bits per heavy atom. The molecule has 2 N–H and O–H groups in total. The van der Waals surface area contributed by atoms with Crippen LogP contribution in [0.15, 0.2) is 170 Å². The molecular formula is C53H38N4. The molecule has 8 aromatic carbocycles. The molecule has 4 nitrogen and oxygen atoms in total. The maximum Gasteiger partial charge on any atom is 0.104 e. The molecule has 11 aromatic rings. The van der Waals surface area contributed by atoms with Crippen molar-refractivity contribution in [3.05, 3.63) is 198 Å². The number of nitrogens with one attached hydrogen (secondary N) is 2. The Kier molecular flexibility index (Phi) is 6.12. The van der Waals surface area contributed by atoms with Gasteiger partial charge in [-0.3, -0.25) is 5.32 Å². The Morgan fingerprint density at radius 3 is 2.09 bits per heavy atom. The molecule has 0 radical (unpaired) electrons. The minimum atomic E-state index is -0.104. The van der Waals surface area contributed by atoms with Gasteiger partial charge in [0, 0.05) is 43.7 Å². The second-order valence-electron chi connectivity index (χ2n) is 16.6.